The van der Waals surface area contributed by atoms with Gasteiger partial charge in [-0.25, -0.2) is 0 Å². The van der Waals surface area contributed by atoms with Crippen LogP contribution in [0.25, 0.3) is 0 Å². The van der Waals surface area contributed by atoms with Crippen LogP contribution in [0.2, 0.25) is 0 Å². The van der Waals surface area contributed by atoms with Gasteiger partial charge in [-0.05, 0) is 0 Å². The van der Waals surface area contributed by atoms with Gasteiger partial charge in [-0.1, -0.05) is 0 Å². The molecule has 0 saturated heterocycles. The van der Waals surface area contributed by atoms with Gasteiger partial charge < -0.3 is 5.48 Å². The Morgan fingerprint density at radius 3 is 1.00 bits per heavy atom. The van der Waals surface area contributed by atoms with E-state index >= 15 is 0 Å². The maximum atomic E-state index is 8.25. The Labute approximate surface area is 54.2 Å². The van der Waals surface area contributed by atoms with Crippen LogP contribution in [0.3, 0.4) is 0 Å². The summed E-state index contributed by atoms with van der Waals surface area (Å²) in [5.41, 5.74) is 0. The van der Waals surface area contributed by atoms with Crippen LogP contribution < -0.4 is 0 Å². The summed E-state index contributed by atoms with van der Waals surface area (Å²) in [5, 5.41) is 0. The van der Waals surface area contributed by atoms with Crippen LogP contribution in [0, 0.1) is 0 Å². The van der Waals surface area contributed by atoms with Gasteiger partial charge in [-0.15, -0.1) is 24.8 Å². The number of rotatable bonds is 0. The summed E-state index contributed by atoms with van der Waals surface area (Å²) in [6.07, 6.45) is 0. The van der Waals surface area contributed by atoms with Crippen LogP contribution in [0.4, 0.5) is 0 Å². The third-order valence-electron chi connectivity index (χ3n) is 0. The molecular formula is H4Cl2O2Ti. The molecule has 0 rings (SSSR count). The molecule has 0 heterocycles. The third-order valence-corrected chi connectivity index (χ3v) is 0. The summed E-state index contributed by atoms with van der Waals surface area (Å²) in [5.74, 6) is 0. The maximum absolute atomic E-state index is 8.25. The van der Waals surface area contributed by atoms with Crippen molar-refractivity contribution in [2.75, 3.05) is 0 Å². The molecule has 0 aromatic carbocycles. The van der Waals surface area contributed by atoms with E-state index < -0.39 is 0 Å². The minimum absolute atomic E-state index is 0. The minimum atomic E-state index is 0. The number of hydrogen-bond acceptors (Lipinski definition) is 1. The van der Waals surface area contributed by atoms with Crippen molar-refractivity contribution in [3.05, 3.63) is 0 Å². The zero-order valence-electron chi connectivity index (χ0n) is 2.22. The molecule has 5 heteroatoms. The summed E-state index contributed by atoms with van der Waals surface area (Å²) in [6, 6.07) is 0. The van der Waals surface area contributed by atoms with E-state index in [1.54, 1.807) is 0 Å². The quantitative estimate of drug-likeness (QED) is 0.450. The second-order valence-corrected chi connectivity index (χ2v) is 0. The topological polar surface area (TPSA) is 48.6 Å². The van der Waals surface area contributed by atoms with Gasteiger partial charge in [0.05, 0.1) is 0 Å². The summed E-state index contributed by atoms with van der Waals surface area (Å²) in [4.78, 5) is 0. The monoisotopic (exact) mass is 154 g/mol. The molecule has 0 unspecified atom stereocenters. The first-order valence-electron chi connectivity index (χ1n) is 0.204. The average Bonchev–Trinajstić information content (AvgIpc) is 1.00. The van der Waals surface area contributed by atoms with Crippen LogP contribution in [-0.2, 0) is 23.7 Å². The Morgan fingerprint density at radius 1 is 1.00 bits per heavy atom. The van der Waals surface area contributed by atoms with Crippen LogP contribution in [0.5, 0.6) is 0 Å². The van der Waals surface area contributed by atoms with Crippen LogP contribution >= 0.6 is 24.8 Å². The van der Waals surface area contributed by atoms with Gasteiger partial charge in [-0.2, -0.15) is 0 Å². The summed E-state index contributed by atoms with van der Waals surface area (Å²) < 4.78 is 8.25. The fourth-order valence-electron chi connectivity index (χ4n) is 0. The average molecular weight is 155 g/mol. The van der Waals surface area contributed by atoms with E-state index in [0.29, 0.717) is 0 Å². The van der Waals surface area contributed by atoms with E-state index in [4.69, 9.17) is 3.32 Å². The van der Waals surface area contributed by atoms with Crippen molar-refractivity contribution in [3.63, 3.8) is 0 Å². The fraction of sp³-hybridized carbons (Fsp3) is 0. The molecule has 0 aliphatic carbocycles. The van der Waals surface area contributed by atoms with E-state index in [0.717, 1.165) is 20.4 Å². The first-order chi connectivity index (χ1) is 1.00. The van der Waals surface area contributed by atoms with Gasteiger partial charge in [0.1, 0.15) is 0 Å². The molecule has 0 aromatic rings. The molecule has 0 atom stereocenters. The molecule has 0 aliphatic rings. The van der Waals surface area contributed by atoms with Gasteiger partial charge in [0.2, 0.25) is 0 Å². The van der Waals surface area contributed by atoms with Gasteiger partial charge in [0, 0.05) is 0 Å². The van der Waals surface area contributed by atoms with E-state index in [-0.39, 0.29) is 30.3 Å². The molecule has 0 aliphatic heterocycles. The molecule has 0 spiro atoms. The molecule has 0 saturated carbocycles. The first-order valence-corrected chi connectivity index (χ1v) is 0.842. The zero-order chi connectivity index (χ0) is 2.00. The van der Waals surface area contributed by atoms with Gasteiger partial charge >= 0.3 is 23.7 Å². The van der Waals surface area contributed by atoms with Crippen LogP contribution in [0.1, 0.15) is 0 Å². The van der Waals surface area contributed by atoms with Crippen molar-refractivity contribution < 1.29 is 29.2 Å². The number of hydrogen-bond donors (Lipinski definition) is 0. The van der Waals surface area contributed by atoms with Gasteiger partial charge in [-0.3, -0.25) is 0 Å². The Balaban J connectivity index is -0.00000000167. The van der Waals surface area contributed by atoms with E-state index in [2.05, 4.69) is 0 Å². The van der Waals surface area contributed by atoms with E-state index in [1.165, 1.54) is 0 Å². The van der Waals surface area contributed by atoms with Crippen molar-refractivity contribution >= 4 is 24.8 Å². The molecule has 0 fully saturated rings. The predicted molar refractivity (Wildman–Crippen MR) is 18.8 cm³/mol. The molecule has 0 amide bonds. The fourth-order valence-corrected chi connectivity index (χ4v) is 0. The molecule has 2 N–H and O–H groups in total. The molecule has 0 bridgehead atoms. The summed E-state index contributed by atoms with van der Waals surface area (Å²) >= 11 is 0.750. The standard InChI is InChI=1S/2ClH.H2O.O.Ti/h2*1H;1H2;;. The van der Waals surface area contributed by atoms with Crippen molar-refractivity contribution in [2.24, 2.45) is 0 Å². The van der Waals surface area contributed by atoms with Crippen molar-refractivity contribution in [1.82, 2.24) is 0 Å². The molecule has 0 aromatic heterocycles. The molecule has 5 heavy (non-hydrogen) atoms. The number of halogens is 2. The molecular weight excluding hydrogens is 151 g/mol. The second kappa shape index (κ2) is 74.7. The Hall–Kier alpha value is 1.05. The molecule has 2 nitrogen and oxygen atoms in total. The van der Waals surface area contributed by atoms with Crippen molar-refractivity contribution in [1.29, 1.82) is 0 Å². The predicted octanol–water partition coefficient (Wildman–Crippen LogP) is -0.102. The molecule has 0 radical (unpaired) electrons. The van der Waals surface area contributed by atoms with Crippen LogP contribution in [-0.4, -0.2) is 5.48 Å². The van der Waals surface area contributed by atoms with E-state index in [9.17, 15) is 0 Å². The second-order valence-electron chi connectivity index (χ2n) is 0. The van der Waals surface area contributed by atoms with Crippen molar-refractivity contribution in [3.8, 4) is 0 Å². The zero-order valence-corrected chi connectivity index (χ0v) is 5.42. The third kappa shape index (κ3) is 42.4. The Kier molecular flexibility index (Phi) is 548. The van der Waals surface area contributed by atoms with Crippen LogP contribution in [0.15, 0.2) is 0 Å². The summed E-state index contributed by atoms with van der Waals surface area (Å²) in [7, 11) is 0. The van der Waals surface area contributed by atoms with Crippen molar-refractivity contribution in [2.45, 2.75) is 0 Å². The summed E-state index contributed by atoms with van der Waals surface area (Å²) in [6.45, 7) is 0. The SMILES string of the molecule is Cl.Cl.O.[O]=[Ti]. The van der Waals surface area contributed by atoms with E-state index in [1.807, 2.05) is 0 Å². The first kappa shape index (κ1) is 36.6. The Morgan fingerprint density at radius 2 is 1.00 bits per heavy atom. The van der Waals surface area contributed by atoms with Gasteiger partial charge in [0.15, 0.2) is 0 Å². The van der Waals surface area contributed by atoms with Gasteiger partial charge in [0.25, 0.3) is 0 Å². The normalized spacial score (nSPS) is 0.600. The molecule has 34 valence electrons. The Bertz CT molecular complexity index is 7.61.